The first-order chi connectivity index (χ1) is 12.0. The summed E-state index contributed by atoms with van der Waals surface area (Å²) in [5.74, 6) is -1.43. The number of carbonyl (C=O) groups excluding carboxylic acids is 1. The summed E-state index contributed by atoms with van der Waals surface area (Å²) >= 11 is 0. The van der Waals surface area contributed by atoms with Gasteiger partial charge in [-0.3, -0.25) is 4.79 Å². The molecule has 0 radical (unpaired) electrons. The van der Waals surface area contributed by atoms with Crippen molar-refractivity contribution in [3.8, 4) is 0 Å². The van der Waals surface area contributed by atoms with Gasteiger partial charge >= 0.3 is 0 Å². The van der Waals surface area contributed by atoms with Crippen LogP contribution in [0.25, 0.3) is 10.9 Å². The van der Waals surface area contributed by atoms with Crippen LogP contribution in [0.2, 0.25) is 0 Å². The highest BCUT2D eigenvalue weighted by molar-refractivity contribution is 5.81. The van der Waals surface area contributed by atoms with E-state index in [9.17, 15) is 13.6 Å². The van der Waals surface area contributed by atoms with Gasteiger partial charge in [-0.05, 0) is 60.2 Å². The van der Waals surface area contributed by atoms with Crippen molar-refractivity contribution in [1.29, 1.82) is 0 Å². The van der Waals surface area contributed by atoms with Crippen LogP contribution >= 0.6 is 0 Å². The molecule has 130 valence electrons. The lowest BCUT2D eigenvalue weighted by molar-refractivity contribution is -0.121. The second-order valence-electron chi connectivity index (χ2n) is 6.05. The minimum Gasteiger partial charge on any atom is -0.352 e. The predicted molar refractivity (Wildman–Crippen MR) is 94.1 cm³/mol. The Hall–Kier alpha value is -2.69. The summed E-state index contributed by atoms with van der Waals surface area (Å²) in [5.41, 5.74) is 2.69. The Morgan fingerprint density at radius 3 is 2.52 bits per heavy atom. The lowest BCUT2D eigenvalue weighted by Crippen LogP contribution is -2.23. The first kappa shape index (κ1) is 17.1. The number of rotatable bonds is 6. The zero-order valence-corrected chi connectivity index (χ0v) is 14.1. The number of carbonyl (C=O) groups is 1. The number of halogens is 2. The number of amides is 1. The Morgan fingerprint density at radius 1 is 1.04 bits per heavy atom. The molecule has 25 heavy (non-hydrogen) atoms. The van der Waals surface area contributed by atoms with Gasteiger partial charge in [-0.2, -0.15) is 0 Å². The number of hydrogen-bond acceptors (Lipinski definition) is 1. The van der Waals surface area contributed by atoms with Crippen molar-refractivity contribution in [3.63, 3.8) is 0 Å². The van der Waals surface area contributed by atoms with E-state index in [1.807, 2.05) is 6.07 Å². The van der Waals surface area contributed by atoms with E-state index in [1.165, 1.54) is 17.6 Å². The van der Waals surface area contributed by atoms with Gasteiger partial charge in [-0.1, -0.05) is 6.07 Å². The maximum absolute atomic E-state index is 13.1. The molecule has 1 amide bonds. The Balaban J connectivity index is 1.55. The van der Waals surface area contributed by atoms with E-state index in [-0.39, 0.29) is 12.5 Å². The molecule has 0 saturated heterocycles. The fraction of sp³-hybridized carbons (Fsp3) is 0.250. The summed E-state index contributed by atoms with van der Waals surface area (Å²) in [6.45, 7) is 3.14. The first-order valence-electron chi connectivity index (χ1n) is 8.34. The van der Waals surface area contributed by atoms with Crippen molar-refractivity contribution in [2.45, 2.75) is 32.9 Å². The van der Waals surface area contributed by atoms with Crippen LogP contribution in [0.1, 0.15) is 24.5 Å². The number of hydrogen-bond donors (Lipinski definition) is 1. The average molecular weight is 342 g/mol. The van der Waals surface area contributed by atoms with E-state index in [1.54, 1.807) is 0 Å². The van der Waals surface area contributed by atoms with Crippen LogP contribution in [-0.4, -0.2) is 10.5 Å². The molecular formula is C20H20F2N2O. The van der Waals surface area contributed by atoms with Crippen molar-refractivity contribution in [2.75, 3.05) is 0 Å². The molecule has 0 aliphatic rings. The highest BCUT2D eigenvalue weighted by Gasteiger charge is 2.06. The van der Waals surface area contributed by atoms with Crippen LogP contribution in [0, 0.1) is 11.6 Å². The quantitative estimate of drug-likeness (QED) is 0.716. The fourth-order valence-electron chi connectivity index (χ4n) is 2.94. The SMILES string of the molecule is CCn1ccc2cc(CCC(=O)NCc3cc(F)cc(F)c3)ccc21. The third-order valence-electron chi connectivity index (χ3n) is 4.23. The third-order valence-corrected chi connectivity index (χ3v) is 4.23. The van der Waals surface area contributed by atoms with Gasteiger partial charge in [0, 0.05) is 37.3 Å². The number of nitrogens with zero attached hydrogens (tertiary/aromatic N) is 1. The molecule has 3 nitrogen and oxygen atoms in total. The molecule has 0 bridgehead atoms. The van der Waals surface area contributed by atoms with Gasteiger partial charge in [0.25, 0.3) is 0 Å². The summed E-state index contributed by atoms with van der Waals surface area (Å²) in [5, 5.41) is 3.86. The average Bonchev–Trinajstić information content (AvgIpc) is 2.99. The number of nitrogens with one attached hydrogen (secondary N) is 1. The van der Waals surface area contributed by atoms with Crippen molar-refractivity contribution in [1.82, 2.24) is 9.88 Å². The molecule has 0 fully saturated rings. The second kappa shape index (κ2) is 7.47. The van der Waals surface area contributed by atoms with Gasteiger partial charge in [0.2, 0.25) is 5.91 Å². The number of benzene rings is 2. The van der Waals surface area contributed by atoms with Crippen molar-refractivity contribution < 1.29 is 13.6 Å². The molecule has 5 heteroatoms. The maximum atomic E-state index is 13.1. The Kier molecular flexibility index (Phi) is 5.12. The molecule has 0 atom stereocenters. The van der Waals surface area contributed by atoms with Crippen molar-refractivity contribution in [2.24, 2.45) is 0 Å². The largest absolute Gasteiger partial charge is 0.352 e. The molecule has 0 saturated carbocycles. The molecule has 0 unspecified atom stereocenters. The molecule has 1 heterocycles. The molecule has 3 aromatic rings. The van der Waals surface area contributed by atoms with E-state index in [0.29, 0.717) is 18.4 Å². The molecule has 0 aliphatic carbocycles. The van der Waals surface area contributed by atoms with E-state index in [2.05, 4.69) is 41.2 Å². The fourth-order valence-corrected chi connectivity index (χ4v) is 2.94. The van der Waals surface area contributed by atoms with E-state index < -0.39 is 11.6 Å². The minimum atomic E-state index is -0.642. The standard InChI is InChI=1S/C20H20F2N2O/c1-2-24-8-7-16-9-14(3-5-19(16)24)4-6-20(25)23-13-15-10-17(21)12-18(22)11-15/h3,5,7-12H,2,4,6,13H2,1H3,(H,23,25). The lowest BCUT2D eigenvalue weighted by atomic mass is 10.1. The predicted octanol–water partition coefficient (Wildman–Crippen LogP) is 4.19. The van der Waals surface area contributed by atoms with Crippen LogP contribution in [0.15, 0.2) is 48.7 Å². The summed E-state index contributed by atoms with van der Waals surface area (Å²) < 4.78 is 28.4. The van der Waals surface area contributed by atoms with E-state index in [4.69, 9.17) is 0 Å². The molecular weight excluding hydrogens is 322 g/mol. The Labute approximate surface area is 145 Å². The molecule has 1 aromatic heterocycles. The van der Waals surface area contributed by atoms with Crippen LogP contribution in [0.4, 0.5) is 8.78 Å². The van der Waals surface area contributed by atoms with Crippen molar-refractivity contribution >= 4 is 16.8 Å². The summed E-state index contributed by atoms with van der Waals surface area (Å²) in [6, 6.07) is 11.5. The third kappa shape index (κ3) is 4.24. The first-order valence-corrected chi connectivity index (χ1v) is 8.34. The van der Waals surface area contributed by atoms with Gasteiger partial charge < -0.3 is 9.88 Å². The number of aryl methyl sites for hydroxylation is 2. The molecule has 0 aliphatic heterocycles. The van der Waals surface area contributed by atoms with E-state index in [0.717, 1.165) is 23.6 Å². The van der Waals surface area contributed by atoms with Gasteiger partial charge in [-0.15, -0.1) is 0 Å². The second-order valence-corrected chi connectivity index (χ2v) is 6.05. The zero-order valence-electron chi connectivity index (χ0n) is 14.1. The monoisotopic (exact) mass is 342 g/mol. The summed E-state index contributed by atoms with van der Waals surface area (Å²) in [7, 11) is 0. The zero-order chi connectivity index (χ0) is 17.8. The van der Waals surface area contributed by atoms with Crippen LogP contribution < -0.4 is 5.32 Å². The Bertz CT molecular complexity index is 882. The molecule has 2 aromatic carbocycles. The highest BCUT2D eigenvalue weighted by atomic mass is 19.1. The van der Waals surface area contributed by atoms with E-state index >= 15 is 0 Å². The van der Waals surface area contributed by atoms with Crippen LogP contribution in [0.5, 0.6) is 0 Å². The van der Waals surface area contributed by atoms with Crippen LogP contribution in [-0.2, 0) is 24.3 Å². The van der Waals surface area contributed by atoms with Gasteiger partial charge in [0.15, 0.2) is 0 Å². The normalized spacial score (nSPS) is 11.0. The molecule has 0 spiro atoms. The number of fused-ring (bicyclic) bond motifs is 1. The van der Waals surface area contributed by atoms with Crippen molar-refractivity contribution in [3.05, 3.63) is 71.4 Å². The minimum absolute atomic E-state index is 0.117. The van der Waals surface area contributed by atoms with Gasteiger partial charge in [0.05, 0.1) is 0 Å². The van der Waals surface area contributed by atoms with Gasteiger partial charge in [-0.25, -0.2) is 8.78 Å². The Morgan fingerprint density at radius 2 is 1.80 bits per heavy atom. The summed E-state index contributed by atoms with van der Waals surface area (Å²) in [4.78, 5) is 12.0. The maximum Gasteiger partial charge on any atom is 0.220 e. The summed E-state index contributed by atoms with van der Waals surface area (Å²) in [6.07, 6.45) is 3.01. The molecule has 1 N–H and O–H groups in total. The van der Waals surface area contributed by atoms with Crippen LogP contribution in [0.3, 0.4) is 0 Å². The highest BCUT2D eigenvalue weighted by Crippen LogP contribution is 2.18. The van der Waals surface area contributed by atoms with Gasteiger partial charge in [0.1, 0.15) is 11.6 Å². The smallest absolute Gasteiger partial charge is 0.220 e. The number of aromatic nitrogens is 1. The molecule has 3 rings (SSSR count). The lowest BCUT2D eigenvalue weighted by Gasteiger charge is -2.07. The topological polar surface area (TPSA) is 34.0 Å².